The van der Waals surface area contributed by atoms with Gasteiger partial charge in [-0.15, -0.1) is 0 Å². The van der Waals surface area contributed by atoms with Gasteiger partial charge in [-0.25, -0.2) is 13.2 Å². The molecule has 0 fully saturated rings. The third-order valence-electron chi connectivity index (χ3n) is 4.00. The Bertz CT molecular complexity index is 1050. The number of hydrogen-bond acceptors (Lipinski definition) is 5. The molecule has 0 radical (unpaired) electrons. The first-order chi connectivity index (χ1) is 12.9. The summed E-state index contributed by atoms with van der Waals surface area (Å²) in [5, 5.41) is 10.2. The molecule has 0 spiro atoms. The summed E-state index contributed by atoms with van der Waals surface area (Å²) in [5.74, 6) is 0.332. The number of benzene rings is 2. The number of anilines is 2. The summed E-state index contributed by atoms with van der Waals surface area (Å²) in [6.07, 6.45) is 0. The fourth-order valence-electron chi connectivity index (χ4n) is 2.63. The Kier molecular flexibility index (Phi) is 5.26. The molecule has 0 bridgehead atoms. The number of ether oxygens (including phenoxy) is 1. The normalized spacial score (nSPS) is 16.1. The molecule has 7 nitrogen and oxygen atoms in total. The van der Waals surface area contributed by atoms with Crippen molar-refractivity contribution >= 4 is 50.6 Å². The van der Waals surface area contributed by atoms with E-state index in [0.717, 1.165) is 0 Å². The molecule has 0 unspecified atom stereocenters. The van der Waals surface area contributed by atoms with Crippen LogP contribution in [0.15, 0.2) is 41.3 Å². The van der Waals surface area contributed by atoms with Crippen molar-refractivity contribution in [2.45, 2.75) is 24.3 Å². The van der Waals surface area contributed by atoms with Gasteiger partial charge in [0.1, 0.15) is 17.3 Å². The number of fused-ring (bicyclic) bond motifs is 1. The van der Waals surface area contributed by atoms with Gasteiger partial charge in [-0.3, -0.25) is 4.90 Å². The van der Waals surface area contributed by atoms with Crippen molar-refractivity contribution < 1.29 is 23.1 Å². The minimum atomic E-state index is -4.17. The molecule has 2 aromatic rings. The molecule has 2 aromatic carbocycles. The third-order valence-corrected chi connectivity index (χ3v) is 6.49. The van der Waals surface area contributed by atoms with E-state index in [1.165, 1.54) is 48.3 Å². The highest BCUT2D eigenvalue weighted by atomic mass is 35.5. The molecule has 1 heterocycles. The highest BCUT2D eigenvalue weighted by molar-refractivity contribution is 7.94. The fourth-order valence-corrected chi connectivity index (χ4v) is 4.54. The second-order valence-electron chi connectivity index (χ2n) is 6.94. The smallest absolute Gasteiger partial charge is 0.342 e. The van der Waals surface area contributed by atoms with Crippen LogP contribution in [0, 0.1) is 0 Å². The number of halogens is 2. The van der Waals surface area contributed by atoms with E-state index in [2.05, 4.69) is 0 Å². The van der Waals surface area contributed by atoms with E-state index in [9.17, 15) is 18.3 Å². The molecular formula is C18H18Cl2N2O5S. The predicted octanol–water partition coefficient (Wildman–Crippen LogP) is 3.91. The Labute approximate surface area is 173 Å². The lowest BCUT2D eigenvalue weighted by molar-refractivity contribution is 0.0285. The summed E-state index contributed by atoms with van der Waals surface area (Å²) in [6, 6.07) is 7.65. The zero-order valence-corrected chi connectivity index (χ0v) is 17.6. The number of carbonyl (C=O) groups is 1. The molecule has 1 aliphatic heterocycles. The number of hydrogen-bond donors (Lipinski definition) is 1. The lowest BCUT2D eigenvalue weighted by Crippen LogP contribution is -2.49. The molecule has 2 amide bonds. The van der Waals surface area contributed by atoms with Gasteiger partial charge in [-0.05, 0) is 44.2 Å². The van der Waals surface area contributed by atoms with Crippen LogP contribution in [0.1, 0.15) is 13.8 Å². The Morgan fingerprint density at radius 1 is 1.11 bits per heavy atom. The number of urea groups is 1. The Balaban J connectivity index is 2.06. The fraction of sp³-hybridized carbons (Fsp3) is 0.278. The van der Waals surface area contributed by atoms with Crippen LogP contribution in [-0.2, 0) is 10.0 Å². The number of amides is 2. The van der Waals surface area contributed by atoms with Crippen LogP contribution in [-0.4, -0.2) is 38.8 Å². The summed E-state index contributed by atoms with van der Waals surface area (Å²) in [5.41, 5.74) is -0.803. The molecule has 1 N–H and O–H groups in total. The van der Waals surface area contributed by atoms with Gasteiger partial charge in [0.25, 0.3) is 10.0 Å². The summed E-state index contributed by atoms with van der Waals surface area (Å²) in [4.78, 5) is 14.0. The van der Waals surface area contributed by atoms with Gasteiger partial charge in [0.2, 0.25) is 0 Å². The monoisotopic (exact) mass is 444 g/mol. The molecule has 28 heavy (non-hydrogen) atoms. The average Bonchev–Trinajstić information content (AvgIpc) is 2.60. The quantitative estimate of drug-likeness (QED) is 0.771. The Morgan fingerprint density at radius 3 is 2.39 bits per heavy atom. The predicted molar refractivity (Wildman–Crippen MR) is 108 cm³/mol. The maximum atomic E-state index is 13.1. The summed E-state index contributed by atoms with van der Waals surface area (Å²) < 4.78 is 32.4. The Morgan fingerprint density at radius 2 is 1.79 bits per heavy atom. The van der Waals surface area contributed by atoms with E-state index in [-0.39, 0.29) is 32.9 Å². The number of nitrogens with zero attached hydrogens (tertiary/aromatic N) is 2. The lowest BCUT2D eigenvalue weighted by Gasteiger charge is -2.34. The molecule has 1 aliphatic rings. The largest absolute Gasteiger partial charge is 0.491 e. The van der Waals surface area contributed by atoms with Crippen molar-refractivity contribution in [3.63, 3.8) is 0 Å². The van der Waals surface area contributed by atoms with Crippen LogP contribution >= 0.6 is 23.2 Å². The first-order valence-electron chi connectivity index (χ1n) is 8.19. The average molecular weight is 445 g/mol. The second-order valence-corrected chi connectivity index (χ2v) is 9.51. The topological polar surface area (TPSA) is 87.2 Å². The minimum absolute atomic E-state index is 0.00555. The highest BCUT2D eigenvalue weighted by Gasteiger charge is 2.41. The van der Waals surface area contributed by atoms with Crippen molar-refractivity contribution in [1.82, 2.24) is 0 Å². The van der Waals surface area contributed by atoms with Crippen molar-refractivity contribution in [2.75, 3.05) is 22.9 Å². The van der Waals surface area contributed by atoms with E-state index in [1.54, 1.807) is 13.8 Å². The van der Waals surface area contributed by atoms with E-state index in [4.69, 9.17) is 27.9 Å². The molecular weight excluding hydrogens is 427 g/mol. The second kappa shape index (κ2) is 7.11. The van der Waals surface area contributed by atoms with E-state index in [1.807, 2.05) is 0 Å². The van der Waals surface area contributed by atoms with Crippen molar-refractivity contribution in [3.05, 3.63) is 46.4 Å². The maximum Gasteiger partial charge on any atom is 0.342 e. The lowest BCUT2D eigenvalue weighted by atomic mass is 10.2. The van der Waals surface area contributed by atoms with Crippen molar-refractivity contribution in [3.8, 4) is 5.75 Å². The molecule has 10 heteroatoms. The van der Waals surface area contributed by atoms with Crippen molar-refractivity contribution in [1.29, 1.82) is 0 Å². The van der Waals surface area contributed by atoms with Gasteiger partial charge in [-0.1, -0.05) is 23.2 Å². The molecule has 0 atom stereocenters. The van der Waals surface area contributed by atoms with E-state index in [0.29, 0.717) is 10.1 Å². The zero-order chi connectivity index (χ0) is 20.9. The van der Waals surface area contributed by atoms with Gasteiger partial charge >= 0.3 is 6.03 Å². The molecule has 0 saturated carbocycles. The van der Waals surface area contributed by atoms with Crippen molar-refractivity contribution in [2.24, 2.45) is 0 Å². The molecule has 0 aliphatic carbocycles. The molecule has 0 saturated heterocycles. The summed E-state index contributed by atoms with van der Waals surface area (Å²) in [6.45, 7) is 3.17. The van der Waals surface area contributed by atoms with Crippen LogP contribution < -0.4 is 13.9 Å². The van der Waals surface area contributed by atoms with Crippen LogP contribution in [0.25, 0.3) is 0 Å². The zero-order valence-electron chi connectivity index (χ0n) is 15.3. The number of carbonyl (C=O) groups excluding carboxylic acids is 1. The summed E-state index contributed by atoms with van der Waals surface area (Å²) in [7, 11) is -2.71. The van der Waals surface area contributed by atoms with Crippen LogP contribution in [0.2, 0.25) is 10.0 Å². The molecule has 150 valence electrons. The molecule has 0 aromatic heterocycles. The van der Waals surface area contributed by atoms with Gasteiger partial charge in [0.05, 0.1) is 27.0 Å². The van der Waals surface area contributed by atoms with Gasteiger partial charge in [0.15, 0.2) is 0 Å². The first-order valence-corrected chi connectivity index (χ1v) is 10.4. The minimum Gasteiger partial charge on any atom is -0.491 e. The van der Waals surface area contributed by atoms with E-state index < -0.39 is 21.7 Å². The first kappa shape index (κ1) is 20.7. The van der Waals surface area contributed by atoms with Gasteiger partial charge in [0, 0.05) is 13.1 Å². The summed E-state index contributed by atoms with van der Waals surface area (Å²) >= 11 is 11.9. The number of aliphatic hydroxyl groups is 1. The third kappa shape index (κ3) is 3.77. The maximum absolute atomic E-state index is 13.1. The van der Waals surface area contributed by atoms with Crippen LogP contribution in [0.5, 0.6) is 5.75 Å². The van der Waals surface area contributed by atoms with Crippen LogP contribution in [0.3, 0.4) is 0 Å². The number of sulfonamides is 1. The van der Waals surface area contributed by atoms with Gasteiger partial charge < -0.3 is 9.84 Å². The highest BCUT2D eigenvalue weighted by Crippen LogP contribution is 2.39. The SMILES string of the molecule is CN1C(=O)N(c2ccc(Cl)c(Cl)c2)S(=O)(=O)c2ccc(OCC(C)(C)O)cc21. The van der Waals surface area contributed by atoms with E-state index >= 15 is 0 Å². The molecule has 3 rings (SSSR count). The Hall–Kier alpha value is -2.00. The standard InChI is InChI=1S/C18H18Cl2N2O5S/c1-18(2,24)10-27-12-5-7-16-15(9-12)21(3)17(23)22(28(16,25)26)11-4-6-13(19)14(20)8-11/h4-9,24H,10H2,1-3H3. The van der Waals surface area contributed by atoms with Crippen LogP contribution in [0.4, 0.5) is 16.2 Å². The number of rotatable bonds is 4. The van der Waals surface area contributed by atoms with Gasteiger partial charge in [-0.2, -0.15) is 4.31 Å².